The predicted octanol–water partition coefficient (Wildman–Crippen LogP) is 0.838. The van der Waals surface area contributed by atoms with Gasteiger partial charge in [-0.05, 0) is 18.9 Å². The molecule has 1 heterocycles. The third-order valence-electron chi connectivity index (χ3n) is 2.61. The van der Waals surface area contributed by atoms with E-state index in [0.29, 0.717) is 18.5 Å². The van der Waals surface area contributed by atoms with E-state index in [9.17, 15) is 14.4 Å². The normalized spacial score (nSPS) is 9.95. The van der Waals surface area contributed by atoms with E-state index in [-0.39, 0.29) is 17.4 Å². The molecule has 0 fully saturated rings. The number of carbonyl (C=O) groups excluding carboxylic acids is 2. The largest absolute Gasteiger partial charge is 0.469 e. The van der Waals surface area contributed by atoms with Gasteiger partial charge in [-0.15, -0.1) is 0 Å². The summed E-state index contributed by atoms with van der Waals surface area (Å²) in [5, 5.41) is 2.72. The molecule has 0 spiro atoms. The molecular formula is C13H18N2O4. The van der Waals surface area contributed by atoms with Crippen LogP contribution >= 0.6 is 0 Å². The molecule has 1 amide bonds. The Labute approximate surface area is 111 Å². The van der Waals surface area contributed by atoms with Gasteiger partial charge in [0.05, 0.1) is 7.11 Å². The number of unbranched alkanes of at least 4 members (excludes halogenated alkanes) is 2. The summed E-state index contributed by atoms with van der Waals surface area (Å²) in [6, 6.07) is 2.81. The molecule has 0 aliphatic heterocycles. The zero-order chi connectivity index (χ0) is 14.1. The summed E-state index contributed by atoms with van der Waals surface area (Å²) >= 11 is 0. The zero-order valence-electron chi connectivity index (χ0n) is 10.9. The highest BCUT2D eigenvalue weighted by molar-refractivity contribution is 5.93. The molecule has 0 radical (unpaired) electrons. The molecule has 104 valence electrons. The first-order chi connectivity index (χ1) is 9.13. The third-order valence-corrected chi connectivity index (χ3v) is 2.61. The van der Waals surface area contributed by atoms with Crippen LogP contribution in [0.15, 0.2) is 23.1 Å². The van der Waals surface area contributed by atoms with Crippen molar-refractivity contribution in [3.8, 4) is 0 Å². The Morgan fingerprint density at radius 3 is 2.79 bits per heavy atom. The zero-order valence-corrected chi connectivity index (χ0v) is 10.9. The predicted molar refractivity (Wildman–Crippen MR) is 69.9 cm³/mol. The van der Waals surface area contributed by atoms with Gasteiger partial charge < -0.3 is 15.0 Å². The number of pyridine rings is 1. The van der Waals surface area contributed by atoms with Crippen LogP contribution in [-0.2, 0) is 9.53 Å². The fraction of sp³-hybridized carbons (Fsp3) is 0.462. The summed E-state index contributed by atoms with van der Waals surface area (Å²) in [6.07, 6.45) is 4.20. The highest BCUT2D eigenvalue weighted by atomic mass is 16.5. The fourth-order valence-corrected chi connectivity index (χ4v) is 1.56. The minimum atomic E-state index is -0.300. The number of hydrogen-bond donors (Lipinski definition) is 2. The smallest absolute Gasteiger partial charge is 0.305 e. The van der Waals surface area contributed by atoms with Crippen LogP contribution in [0.3, 0.4) is 0 Å². The van der Waals surface area contributed by atoms with Crippen LogP contribution in [0.5, 0.6) is 0 Å². The molecule has 0 aromatic carbocycles. The quantitative estimate of drug-likeness (QED) is 0.565. The molecule has 0 aliphatic rings. The molecule has 1 aromatic heterocycles. The van der Waals surface area contributed by atoms with Crippen molar-refractivity contribution in [1.82, 2.24) is 10.3 Å². The van der Waals surface area contributed by atoms with Gasteiger partial charge >= 0.3 is 5.97 Å². The van der Waals surface area contributed by atoms with E-state index in [1.807, 2.05) is 0 Å². The first-order valence-corrected chi connectivity index (χ1v) is 6.17. The Balaban J connectivity index is 2.18. The number of ether oxygens (including phenoxy) is 1. The van der Waals surface area contributed by atoms with Crippen molar-refractivity contribution in [1.29, 1.82) is 0 Å². The molecular weight excluding hydrogens is 248 g/mol. The number of methoxy groups -OCH3 is 1. The number of aromatic nitrogens is 1. The van der Waals surface area contributed by atoms with Crippen LogP contribution in [0.4, 0.5) is 0 Å². The van der Waals surface area contributed by atoms with Crippen molar-refractivity contribution in [3.05, 3.63) is 34.2 Å². The van der Waals surface area contributed by atoms with Crippen molar-refractivity contribution in [3.63, 3.8) is 0 Å². The molecule has 0 saturated carbocycles. The average Bonchev–Trinajstić information content (AvgIpc) is 2.42. The molecule has 19 heavy (non-hydrogen) atoms. The molecule has 6 heteroatoms. The highest BCUT2D eigenvalue weighted by Gasteiger charge is 2.05. The molecule has 0 aliphatic carbocycles. The summed E-state index contributed by atoms with van der Waals surface area (Å²) in [6.45, 7) is 0.521. The lowest BCUT2D eigenvalue weighted by atomic mass is 10.2. The van der Waals surface area contributed by atoms with Gasteiger partial charge in [-0.2, -0.15) is 0 Å². The monoisotopic (exact) mass is 266 g/mol. The van der Waals surface area contributed by atoms with E-state index < -0.39 is 0 Å². The number of amides is 1. The van der Waals surface area contributed by atoms with E-state index in [0.717, 1.165) is 19.3 Å². The van der Waals surface area contributed by atoms with Crippen molar-refractivity contribution in [2.24, 2.45) is 0 Å². The average molecular weight is 266 g/mol. The second-order valence-electron chi connectivity index (χ2n) is 4.08. The third kappa shape index (κ3) is 5.85. The summed E-state index contributed by atoms with van der Waals surface area (Å²) in [7, 11) is 1.37. The number of esters is 1. The summed E-state index contributed by atoms with van der Waals surface area (Å²) in [5.41, 5.74) is 0.0454. The highest BCUT2D eigenvalue weighted by Crippen LogP contribution is 2.00. The SMILES string of the molecule is COC(=O)CCCCCNC(=O)c1cc[nH]c(=O)c1. The van der Waals surface area contributed by atoms with Gasteiger partial charge in [-0.1, -0.05) is 6.42 Å². The Morgan fingerprint density at radius 1 is 1.32 bits per heavy atom. The molecule has 1 rings (SSSR count). The molecule has 0 atom stereocenters. The lowest BCUT2D eigenvalue weighted by Gasteiger charge is -2.04. The molecule has 0 unspecified atom stereocenters. The van der Waals surface area contributed by atoms with E-state index in [1.165, 1.54) is 19.4 Å². The van der Waals surface area contributed by atoms with Crippen LogP contribution in [0.25, 0.3) is 0 Å². The topological polar surface area (TPSA) is 88.3 Å². The second-order valence-corrected chi connectivity index (χ2v) is 4.08. The van der Waals surface area contributed by atoms with Gasteiger partial charge in [0.15, 0.2) is 0 Å². The van der Waals surface area contributed by atoms with Crippen molar-refractivity contribution >= 4 is 11.9 Å². The maximum Gasteiger partial charge on any atom is 0.305 e. The van der Waals surface area contributed by atoms with Crippen LogP contribution in [0, 0.1) is 0 Å². The van der Waals surface area contributed by atoms with Gasteiger partial charge in [-0.25, -0.2) is 0 Å². The summed E-state index contributed by atoms with van der Waals surface area (Å²) in [4.78, 5) is 36.0. The van der Waals surface area contributed by atoms with Crippen molar-refractivity contribution in [2.45, 2.75) is 25.7 Å². The number of rotatable bonds is 7. The summed E-state index contributed by atoms with van der Waals surface area (Å²) in [5.74, 6) is -0.480. The van der Waals surface area contributed by atoms with Crippen molar-refractivity contribution < 1.29 is 14.3 Å². The lowest BCUT2D eigenvalue weighted by molar-refractivity contribution is -0.140. The van der Waals surface area contributed by atoms with Gasteiger partial charge in [0.1, 0.15) is 0 Å². The van der Waals surface area contributed by atoms with Gasteiger partial charge in [-0.3, -0.25) is 14.4 Å². The lowest BCUT2D eigenvalue weighted by Crippen LogP contribution is -2.25. The van der Waals surface area contributed by atoms with Gasteiger partial charge in [0, 0.05) is 30.8 Å². The molecule has 2 N–H and O–H groups in total. The number of carbonyl (C=O) groups is 2. The van der Waals surface area contributed by atoms with Crippen LogP contribution in [0.1, 0.15) is 36.0 Å². The van der Waals surface area contributed by atoms with Crippen molar-refractivity contribution in [2.75, 3.05) is 13.7 Å². The first kappa shape index (κ1) is 14.9. The Bertz CT molecular complexity index is 482. The van der Waals surface area contributed by atoms with Gasteiger partial charge in [0.25, 0.3) is 5.91 Å². The Kier molecular flexibility index (Phi) is 6.35. The number of H-pyrrole nitrogens is 1. The van der Waals surface area contributed by atoms with Crippen LogP contribution < -0.4 is 10.9 Å². The molecule has 1 aromatic rings. The van der Waals surface area contributed by atoms with E-state index in [4.69, 9.17) is 0 Å². The minimum Gasteiger partial charge on any atom is -0.469 e. The van der Waals surface area contributed by atoms with E-state index in [2.05, 4.69) is 15.0 Å². The summed E-state index contributed by atoms with van der Waals surface area (Å²) < 4.78 is 4.52. The van der Waals surface area contributed by atoms with Crippen LogP contribution in [-0.4, -0.2) is 30.5 Å². The maximum absolute atomic E-state index is 11.6. The molecule has 0 saturated heterocycles. The Morgan fingerprint density at radius 2 is 2.11 bits per heavy atom. The second kappa shape index (κ2) is 8.07. The van der Waals surface area contributed by atoms with Gasteiger partial charge in [0.2, 0.25) is 5.56 Å². The molecule has 0 bridgehead atoms. The standard InChI is InChI=1S/C13H18N2O4/c1-19-12(17)5-3-2-4-7-15-13(18)10-6-8-14-11(16)9-10/h6,8-9H,2-5,7H2,1H3,(H,14,16)(H,15,18). The van der Waals surface area contributed by atoms with E-state index >= 15 is 0 Å². The minimum absolute atomic E-state index is 0.215. The van der Waals surface area contributed by atoms with E-state index in [1.54, 1.807) is 6.07 Å². The first-order valence-electron chi connectivity index (χ1n) is 6.17. The van der Waals surface area contributed by atoms with Crippen LogP contribution in [0.2, 0.25) is 0 Å². The fourth-order valence-electron chi connectivity index (χ4n) is 1.56. The number of aromatic amines is 1. The molecule has 6 nitrogen and oxygen atoms in total. The number of hydrogen-bond acceptors (Lipinski definition) is 4. The Hall–Kier alpha value is -2.11. The number of nitrogens with one attached hydrogen (secondary N) is 2. The maximum atomic E-state index is 11.6.